The zero-order valence-electron chi connectivity index (χ0n) is 10.6. The molecule has 0 saturated carbocycles. The number of halogens is 1. The highest BCUT2D eigenvalue weighted by atomic mass is 19.1. The molecule has 0 aliphatic heterocycles. The van der Waals surface area contributed by atoms with Gasteiger partial charge in [0.15, 0.2) is 0 Å². The molecule has 0 bridgehead atoms. The van der Waals surface area contributed by atoms with Crippen molar-refractivity contribution in [1.82, 2.24) is 0 Å². The predicted octanol–water partition coefficient (Wildman–Crippen LogP) is 3.67. The highest BCUT2D eigenvalue weighted by Gasteiger charge is 2.27. The van der Waals surface area contributed by atoms with Crippen molar-refractivity contribution in [3.05, 3.63) is 71.0 Å². The third-order valence-electron chi connectivity index (χ3n) is 3.75. The highest BCUT2D eigenvalue weighted by molar-refractivity contribution is 5.82. The van der Waals surface area contributed by atoms with Crippen LogP contribution >= 0.6 is 0 Å². The van der Waals surface area contributed by atoms with Crippen molar-refractivity contribution in [1.29, 1.82) is 0 Å². The number of carbonyl (C=O) groups is 1. The lowest BCUT2D eigenvalue weighted by Gasteiger charge is -2.29. The van der Waals surface area contributed by atoms with E-state index in [1.54, 1.807) is 12.1 Å². The minimum atomic E-state index is -0.260. The molecule has 3 rings (SSSR count). The van der Waals surface area contributed by atoms with Gasteiger partial charge in [0.1, 0.15) is 11.6 Å². The van der Waals surface area contributed by atoms with Crippen LogP contribution in [0.3, 0.4) is 0 Å². The number of fused-ring (bicyclic) bond motifs is 1. The van der Waals surface area contributed by atoms with Gasteiger partial charge in [-0.15, -0.1) is 0 Å². The van der Waals surface area contributed by atoms with Crippen molar-refractivity contribution < 1.29 is 9.18 Å². The Bertz CT molecular complexity index is 601. The molecule has 0 saturated heterocycles. The van der Waals surface area contributed by atoms with Crippen molar-refractivity contribution in [2.75, 3.05) is 0 Å². The summed E-state index contributed by atoms with van der Waals surface area (Å²) in [5.74, 6) is 0.347. The molecule has 1 atom stereocenters. The molecular weight excluding hydrogens is 239 g/mol. The Labute approximate surface area is 112 Å². The van der Waals surface area contributed by atoms with Crippen LogP contribution in [0.15, 0.2) is 48.5 Å². The van der Waals surface area contributed by atoms with E-state index in [0.717, 1.165) is 12.0 Å². The first-order valence-electron chi connectivity index (χ1n) is 6.56. The topological polar surface area (TPSA) is 17.1 Å². The molecule has 0 N–H and O–H groups in total. The lowest BCUT2D eigenvalue weighted by molar-refractivity contribution is -0.118. The number of benzene rings is 2. The first-order chi connectivity index (χ1) is 9.22. The first kappa shape index (κ1) is 12.1. The van der Waals surface area contributed by atoms with Crippen LogP contribution in [0.5, 0.6) is 0 Å². The Hall–Kier alpha value is -1.96. The van der Waals surface area contributed by atoms with Gasteiger partial charge in [-0.2, -0.15) is 0 Å². The van der Waals surface area contributed by atoms with Crippen molar-refractivity contribution in [3.63, 3.8) is 0 Å². The summed E-state index contributed by atoms with van der Waals surface area (Å²) in [6.07, 6.45) is 2.00. The van der Waals surface area contributed by atoms with E-state index in [-0.39, 0.29) is 11.6 Å². The fraction of sp³-hybridized carbons (Fsp3) is 0.235. The highest BCUT2D eigenvalue weighted by Crippen LogP contribution is 2.37. The van der Waals surface area contributed by atoms with E-state index in [2.05, 4.69) is 12.1 Å². The monoisotopic (exact) mass is 254 g/mol. The van der Waals surface area contributed by atoms with Crippen LogP contribution in [0.4, 0.5) is 4.39 Å². The average molecular weight is 254 g/mol. The third-order valence-corrected chi connectivity index (χ3v) is 3.75. The SMILES string of the molecule is O=C(Cc1ccc(F)cc1)CC1Cc2ccccc21. The van der Waals surface area contributed by atoms with Crippen LogP contribution < -0.4 is 0 Å². The van der Waals surface area contributed by atoms with Crippen LogP contribution in [0.25, 0.3) is 0 Å². The molecule has 96 valence electrons. The van der Waals surface area contributed by atoms with Gasteiger partial charge < -0.3 is 0 Å². The molecule has 19 heavy (non-hydrogen) atoms. The molecule has 0 spiro atoms. The number of hydrogen-bond acceptors (Lipinski definition) is 1. The van der Waals surface area contributed by atoms with Gasteiger partial charge in [-0.05, 0) is 41.2 Å². The Morgan fingerprint density at radius 1 is 1.11 bits per heavy atom. The van der Waals surface area contributed by atoms with Crippen LogP contribution in [0.1, 0.15) is 29.0 Å². The molecule has 1 nitrogen and oxygen atoms in total. The Morgan fingerprint density at radius 3 is 2.58 bits per heavy atom. The fourth-order valence-corrected chi connectivity index (χ4v) is 2.72. The number of carbonyl (C=O) groups excluding carboxylic acids is 1. The number of ketones is 1. The molecule has 0 fully saturated rings. The van der Waals surface area contributed by atoms with Crippen LogP contribution in [-0.2, 0) is 17.6 Å². The number of Topliss-reactive ketones (excluding diaryl/α,β-unsaturated/α-hetero) is 1. The third kappa shape index (κ3) is 2.58. The number of hydrogen-bond donors (Lipinski definition) is 0. The molecular formula is C17H15FO. The molecule has 2 heteroatoms. The standard InChI is InChI=1S/C17H15FO/c18-15-7-5-12(6-8-15)9-16(19)11-14-10-13-3-1-2-4-17(13)14/h1-8,14H,9-11H2. The summed E-state index contributed by atoms with van der Waals surface area (Å²) in [4.78, 5) is 12.0. The molecule has 2 aromatic rings. The molecule has 1 unspecified atom stereocenters. The first-order valence-corrected chi connectivity index (χ1v) is 6.56. The minimum Gasteiger partial charge on any atom is -0.299 e. The van der Waals surface area contributed by atoms with Gasteiger partial charge in [-0.25, -0.2) is 4.39 Å². The Kier molecular flexibility index (Phi) is 3.16. The maximum Gasteiger partial charge on any atom is 0.137 e. The van der Waals surface area contributed by atoms with E-state index in [1.165, 1.54) is 23.3 Å². The maximum atomic E-state index is 12.8. The smallest absolute Gasteiger partial charge is 0.137 e. The van der Waals surface area contributed by atoms with Gasteiger partial charge in [0.2, 0.25) is 0 Å². The fourth-order valence-electron chi connectivity index (χ4n) is 2.72. The summed E-state index contributed by atoms with van der Waals surface area (Å²) < 4.78 is 12.8. The minimum absolute atomic E-state index is 0.228. The Morgan fingerprint density at radius 2 is 1.84 bits per heavy atom. The van der Waals surface area contributed by atoms with Crippen LogP contribution in [-0.4, -0.2) is 5.78 Å². The second-order valence-electron chi connectivity index (χ2n) is 5.15. The second kappa shape index (κ2) is 4.96. The van der Waals surface area contributed by atoms with E-state index in [0.29, 0.717) is 18.8 Å². The normalized spacial score (nSPS) is 16.6. The zero-order valence-corrected chi connectivity index (χ0v) is 10.6. The van der Waals surface area contributed by atoms with Crippen LogP contribution in [0, 0.1) is 5.82 Å². The predicted molar refractivity (Wildman–Crippen MR) is 72.6 cm³/mol. The van der Waals surface area contributed by atoms with Gasteiger partial charge in [0.25, 0.3) is 0 Å². The second-order valence-corrected chi connectivity index (χ2v) is 5.15. The van der Waals surface area contributed by atoms with E-state index in [1.807, 2.05) is 12.1 Å². The van der Waals surface area contributed by atoms with Gasteiger partial charge in [-0.1, -0.05) is 36.4 Å². The van der Waals surface area contributed by atoms with Gasteiger partial charge in [-0.3, -0.25) is 4.79 Å². The zero-order chi connectivity index (χ0) is 13.2. The van der Waals surface area contributed by atoms with Crippen molar-refractivity contribution >= 4 is 5.78 Å². The van der Waals surface area contributed by atoms with Gasteiger partial charge in [0.05, 0.1) is 0 Å². The van der Waals surface area contributed by atoms with Gasteiger partial charge in [0, 0.05) is 12.8 Å². The molecule has 0 amide bonds. The van der Waals surface area contributed by atoms with Crippen molar-refractivity contribution in [2.45, 2.75) is 25.2 Å². The summed E-state index contributed by atoms with van der Waals surface area (Å²) >= 11 is 0. The lowest BCUT2D eigenvalue weighted by atomic mass is 9.75. The summed E-state index contributed by atoms with van der Waals surface area (Å²) in [7, 11) is 0. The number of rotatable bonds is 4. The van der Waals surface area contributed by atoms with Crippen LogP contribution in [0.2, 0.25) is 0 Å². The molecule has 0 radical (unpaired) electrons. The van der Waals surface area contributed by atoms with Crippen molar-refractivity contribution in [3.8, 4) is 0 Å². The quantitative estimate of drug-likeness (QED) is 0.813. The van der Waals surface area contributed by atoms with Crippen molar-refractivity contribution in [2.24, 2.45) is 0 Å². The molecule has 0 heterocycles. The van der Waals surface area contributed by atoms with E-state index in [4.69, 9.17) is 0 Å². The summed E-state index contributed by atoms with van der Waals surface area (Å²) in [6.45, 7) is 0. The van der Waals surface area contributed by atoms with E-state index in [9.17, 15) is 9.18 Å². The Balaban J connectivity index is 1.60. The summed E-state index contributed by atoms with van der Waals surface area (Å²) in [5, 5.41) is 0. The lowest BCUT2D eigenvalue weighted by Crippen LogP contribution is -2.20. The average Bonchev–Trinajstić information content (AvgIpc) is 2.39. The molecule has 0 aromatic heterocycles. The van der Waals surface area contributed by atoms with E-state index >= 15 is 0 Å². The maximum absolute atomic E-state index is 12.8. The molecule has 1 aliphatic rings. The summed E-state index contributed by atoms with van der Waals surface area (Å²) in [6, 6.07) is 14.5. The molecule has 1 aliphatic carbocycles. The largest absolute Gasteiger partial charge is 0.299 e. The summed E-state index contributed by atoms with van der Waals surface area (Å²) in [5.41, 5.74) is 3.57. The molecule has 2 aromatic carbocycles. The van der Waals surface area contributed by atoms with E-state index < -0.39 is 0 Å². The van der Waals surface area contributed by atoms with Gasteiger partial charge >= 0.3 is 0 Å².